The number of benzene rings is 2. The van der Waals surface area contributed by atoms with Crippen LogP contribution in [0.25, 0.3) is 0 Å². The number of furan rings is 1. The van der Waals surface area contributed by atoms with Gasteiger partial charge in [0, 0.05) is 30.4 Å². The minimum Gasteiger partial charge on any atom is -0.467 e. The molecular formula is C24H24FN3O3. The molecule has 2 aromatic carbocycles. The molecule has 1 aliphatic heterocycles. The summed E-state index contributed by atoms with van der Waals surface area (Å²) < 4.78 is 18.6. The van der Waals surface area contributed by atoms with Gasteiger partial charge in [-0.25, -0.2) is 4.39 Å². The van der Waals surface area contributed by atoms with Crippen LogP contribution in [0.5, 0.6) is 0 Å². The van der Waals surface area contributed by atoms with Crippen LogP contribution in [-0.2, 0) is 6.54 Å². The standard InChI is InChI=1S/C24H24FN3O3/c25-18-6-3-5-17(15-18)23(29)27-19-10-12-28(13-11-19)22-9-2-1-8-21(22)24(30)26-16-20-7-4-14-31-20/h1-9,14-15,19H,10-13,16H2,(H,26,30)(H,27,29). The van der Waals surface area contributed by atoms with Gasteiger partial charge >= 0.3 is 0 Å². The van der Waals surface area contributed by atoms with Gasteiger partial charge in [0.25, 0.3) is 11.8 Å². The summed E-state index contributed by atoms with van der Waals surface area (Å²) in [6.45, 7) is 1.74. The molecule has 160 valence electrons. The number of amides is 2. The van der Waals surface area contributed by atoms with E-state index in [1.807, 2.05) is 30.3 Å². The maximum Gasteiger partial charge on any atom is 0.253 e. The van der Waals surface area contributed by atoms with Gasteiger partial charge in [0.1, 0.15) is 11.6 Å². The number of carbonyl (C=O) groups excluding carboxylic acids is 2. The molecule has 2 N–H and O–H groups in total. The Morgan fingerprint density at radius 3 is 2.55 bits per heavy atom. The number of carbonyl (C=O) groups is 2. The molecule has 1 aromatic heterocycles. The molecule has 0 spiro atoms. The summed E-state index contributed by atoms with van der Waals surface area (Å²) in [6.07, 6.45) is 3.06. The van der Waals surface area contributed by atoms with Crippen molar-refractivity contribution < 1.29 is 18.4 Å². The van der Waals surface area contributed by atoms with E-state index in [0.717, 1.165) is 18.5 Å². The van der Waals surface area contributed by atoms with Crippen LogP contribution in [0.2, 0.25) is 0 Å². The number of halogens is 1. The summed E-state index contributed by atoms with van der Waals surface area (Å²) >= 11 is 0. The lowest BCUT2D eigenvalue weighted by Gasteiger charge is -2.35. The lowest BCUT2D eigenvalue weighted by Crippen LogP contribution is -2.45. The Labute approximate surface area is 180 Å². The molecule has 0 atom stereocenters. The van der Waals surface area contributed by atoms with Crippen molar-refractivity contribution in [3.05, 3.63) is 89.6 Å². The monoisotopic (exact) mass is 421 g/mol. The summed E-state index contributed by atoms with van der Waals surface area (Å²) in [4.78, 5) is 27.3. The van der Waals surface area contributed by atoms with E-state index in [0.29, 0.717) is 36.5 Å². The van der Waals surface area contributed by atoms with E-state index in [1.165, 1.54) is 18.2 Å². The number of para-hydroxylation sites is 1. The zero-order chi connectivity index (χ0) is 21.6. The van der Waals surface area contributed by atoms with Gasteiger partial charge in [0.05, 0.1) is 18.4 Å². The fourth-order valence-corrected chi connectivity index (χ4v) is 3.78. The highest BCUT2D eigenvalue weighted by Crippen LogP contribution is 2.24. The van der Waals surface area contributed by atoms with Gasteiger partial charge < -0.3 is 20.0 Å². The van der Waals surface area contributed by atoms with Crippen molar-refractivity contribution in [3.63, 3.8) is 0 Å². The largest absolute Gasteiger partial charge is 0.467 e. The van der Waals surface area contributed by atoms with Crippen molar-refractivity contribution in [1.82, 2.24) is 10.6 Å². The number of nitrogens with zero attached hydrogens (tertiary/aromatic N) is 1. The van der Waals surface area contributed by atoms with Gasteiger partial charge in [-0.2, -0.15) is 0 Å². The second-order valence-corrected chi connectivity index (χ2v) is 7.52. The van der Waals surface area contributed by atoms with Crippen molar-refractivity contribution >= 4 is 17.5 Å². The molecule has 0 saturated carbocycles. The second kappa shape index (κ2) is 9.47. The molecule has 31 heavy (non-hydrogen) atoms. The van der Waals surface area contributed by atoms with Crippen LogP contribution >= 0.6 is 0 Å². The Kier molecular flexibility index (Phi) is 6.31. The van der Waals surface area contributed by atoms with Crippen LogP contribution in [0.15, 0.2) is 71.3 Å². The zero-order valence-electron chi connectivity index (χ0n) is 17.0. The van der Waals surface area contributed by atoms with Crippen molar-refractivity contribution in [2.45, 2.75) is 25.4 Å². The van der Waals surface area contributed by atoms with Gasteiger partial charge in [-0.15, -0.1) is 0 Å². The van der Waals surface area contributed by atoms with Crippen LogP contribution in [0, 0.1) is 5.82 Å². The van der Waals surface area contributed by atoms with E-state index in [1.54, 1.807) is 18.4 Å². The lowest BCUT2D eigenvalue weighted by atomic mass is 10.0. The molecule has 1 aliphatic rings. The van der Waals surface area contributed by atoms with Crippen molar-refractivity contribution in [1.29, 1.82) is 0 Å². The Morgan fingerprint density at radius 2 is 1.81 bits per heavy atom. The molecule has 0 unspecified atom stereocenters. The normalized spacial score (nSPS) is 14.3. The number of anilines is 1. The minimum atomic E-state index is -0.426. The topological polar surface area (TPSA) is 74.6 Å². The Hall–Kier alpha value is -3.61. The Balaban J connectivity index is 1.35. The third kappa shape index (κ3) is 5.12. The molecule has 2 amide bonds. The molecule has 0 aliphatic carbocycles. The average Bonchev–Trinajstić information content (AvgIpc) is 3.32. The SMILES string of the molecule is O=C(NC1CCN(c2ccccc2C(=O)NCc2ccco2)CC1)c1cccc(F)c1. The molecular weight excluding hydrogens is 397 g/mol. The molecule has 6 nitrogen and oxygen atoms in total. The maximum atomic E-state index is 13.4. The van der Waals surface area contributed by atoms with Crippen molar-refractivity contribution in [2.75, 3.05) is 18.0 Å². The summed E-state index contributed by atoms with van der Waals surface area (Å²) in [5, 5.41) is 5.88. The molecule has 3 aromatic rings. The molecule has 7 heteroatoms. The molecule has 0 radical (unpaired) electrons. The third-order valence-electron chi connectivity index (χ3n) is 5.41. The number of hydrogen-bond donors (Lipinski definition) is 2. The average molecular weight is 421 g/mol. The number of nitrogens with one attached hydrogen (secondary N) is 2. The highest BCUT2D eigenvalue weighted by Gasteiger charge is 2.24. The minimum absolute atomic E-state index is 0.00644. The van der Waals surface area contributed by atoms with Crippen molar-refractivity contribution in [2.24, 2.45) is 0 Å². The van der Waals surface area contributed by atoms with Gasteiger partial charge in [-0.05, 0) is 55.3 Å². The van der Waals surface area contributed by atoms with E-state index >= 15 is 0 Å². The van der Waals surface area contributed by atoms with E-state index < -0.39 is 5.82 Å². The Morgan fingerprint density at radius 1 is 1.00 bits per heavy atom. The number of piperidine rings is 1. The van der Waals surface area contributed by atoms with E-state index in [-0.39, 0.29) is 17.9 Å². The molecule has 2 heterocycles. The quantitative estimate of drug-likeness (QED) is 0.636. The maximum absolute atomic E-state index is 13.4. The van der Waals surface area contributed by atoms with E-state index in [9.17, 15) is 14.0 Å². The molecule has 1 fully saturated rings. The highest BCUT2D eigenvalue weighted by atomic mass is 19.1. The fourth-order valence-electron chi connectivity index (χ4n) is 3.78. The molecule has 4 rings (SSSR count). The predicted octanol–water partition coefficient (Wildman–Crippen LogP) is 3.75. The van der Waals surface area contributed by atoms with Crippen LogP contribution < -0.4 is 15.5 Å². The summed E-state index contributed by atoms with van der Waals surface area (Å²) in [5.41, 5.74) is 1.80. The van der Waals surface area contributed by atoms with Gasteiger partial charge in [-0.1, -0.05) is 18.2 Å². The van der Waals surface area contributed by atoms with Gasteiger partial charge in [0.2, 0.25) is 0 Å². The van der Waals surface area contributed by atoms with Crippen molar-refractivity contribution in [3.8, 4) is 0 Å². The third-order valence-corrected chi connectivity index (χ3v) is 5.41. The van der Waals surface area contributed by atoms with Crippen LogP contribution in [0.4, 0.5) is 10.1 Å². The van der Waals surface area contributed by atoms with Gasteiger partial charge in [0.15, 0.2) is 0 Å². The van der Waals surface area contributed by atoms with Crippen LogP contribution in [0.3, 0.4) is 0 Å². The fraction of sp³-hybridized carbons (Fsp3) is 0.250. The molecule has 0 bridgehead atoms. The first-order valence-corrected chi connectivity index (χ1v) is 10.3. The first kappa shape index (κ1) is 20.7. The van der Waals surface area contributed by atoms with Crippen LogP contribution in [0.1, 0.15) is 39.3 Å². The van der Waals surface area contributed by atoms with Crippen LogP contribution in [-0.4, -0.2) is 30.9 Å². The summed E-state index contributed by atoms with van der Waals surface area (Å²) in [5.74, 6) is -0.158. The first-order chi connectivity index (χ1) is 15.1. The Bertz CT molecular complexity index is 1040. The highest BCUT2D eigenvalue weighted by molar-refractivity contribution is 5.99. The number of rotatable bonds is 6. The predicted molar refractivity (Wildman–Crippen MR) is 115 cm³/mol. The summed E-state index contributed by atoms with van der Waals surface area (Å²) in [6, 6.07) is 16.8. The second-order valence-electron chi connectivity index (χ2n) is 7.52. The number of hydrogen-bond acceptors (Lipinski definition) is 4. The molecule has 1 saturated heterocycles. The van der Waals surface area contributed by atoms with E-state index in [2.05, 4.69) is 15.5 Å². The van der Waals surface area contributed by atoms with Gasteiger partial charge in [-0.3, -0.25) is 9.59 Å². The first-order valence-electron chi connectivity index (χ1n) is 10.3. The van der Waals surface area contributed by atoms with E-state index in [4.69, 9.17) is 4.42 Å². The lowest BCUT2D eigenvalue weighted by molar-refractivity contribution is 0.0929. The zero-order valence-corrected chi connectivity index (χ0v) is 17.0. The summed E-state index contributed by atoms with van der Waals surface area (Å²) in [7, 11) is 0. The smallest absolute Gasteiger partial charge is 0.253 e.